The summed E-state index contributed by atoms with van der Waals surface area (Å²) in [6.45, 7) is 2.24. The molecule has 0 radical (unpaired) electrons. The highest BCUT2D eigenvalue weighted by molar-refractivity contribution is 9.10. The summed E-state index contributed by atoms with van der Waals surface area (Å²) < 4.78 is 7.29. The van der Waals surface area contributed by atoms with Gasteiger partial charge in [0, 0.05) is 25.9 Å². The normalized spacial score (nSPS) is 10.3. The second kappa shape index (κ2) is 9.71. The maximum atomic E-state index is 12.9. The van der Waals surface area contributed by atoms with Crippen LogP contribution in [0.2, 0.25) is 0 Å². The molecule has 0 atom stereocenters. The lowest BCUT2D eigenvalue weighted by molar-refractivity contribution is 0.102. The Morgan fingerprint density at radius 1 is 0.828 bits per heavy atom. The van der Waals surface area contributed by atoms with Gasteiger partial charge in [0.25, 0.3) is 11.8 Å². The van der Waals surface area contributed by atoms with E-state index in [1.165, 1.54) is 6.07 Å². The van der Waals surface area contributed by atoms with Crippen molar-refractivity contribution in [2.24, 2.45) is 0 Å². The summed E-state index contributed by atoms with van der Waals surface area (Å²) in [6, 6.07) is 19.4. The fourth-order valence-electron chi connectivity index (χ4n) is 2.66. The molecule has 2 amide bonds. The molecule has 3 aromatic carbocycles. The maximum absolute atomic E-state index is 12.9. The van der Waals surface area contributed by atoms with E-state index in [0.29, 0.717) is 29.3 Å². The van der Waals surface area contributed by atoms with Crippen LogP contribution in [0.15, 0.2) is 75.7 Å². The lowest BCUT2D eigenvalue weighted by Crippen LogP contribution is -2.17. The second-order valence-corrected chi connectivity index (χ2v) is 7.90. The summed E-state index contributed by atoms with van der Waals surface area (Å²) in [5.74, 6) is -0.259. The number of anilines is 2. The second-order valence-electron chi connectivity index (χ2n) is 6.07. The number of carbonyl (C=O) groups excluding carboxylic acids is 2. The molecule has 0 unspecified atom stereocenters. The average Bonchev–Trinajstić information content (AvgIpc) is 2.68. The Morgan fingerprint density at radius 3 is 1.97 bits per heavy atom. The zero-order valence-electron chi connectivity index (χ0n) is 15.5. The summed E-state index contributed by atoms with van der Waals surface area (Å²) in [5.41, 5.74) is 1.93. The highest BCUT2D eigenvalue weighted by Gasteiger charge is 2.17. The predicted molar refractivity (Wildman–Crippen MR) is 122 cm³/mol. The Bertz CT molecular complexity index is 1050. The van der Waals surface area contributed by atoms with Gasteiger partial charge in [-0.05, 0) is 61.5 Å². The van der Waals surface area contributed by atoms with Crippen molar-refractivity contribution < 1.29 is 14.3 Å². The fraction of sp³-hybridized carbons (Fsp3) is 0.0909. The van der Waals surface area contributed by atoms with Crippen molar-refractivity contribution in [3.63, 3.8) is 0 Å². The largest absolute Gasteiger partial charge is 0.493 e. The summed E-state index contributed by atoms with van der Waals surface area (Å²) in [6.07, 6.45) is 0. The molecule has 0 fully saturated rings. The molecule has 2 N–H and O–H groups in total. The lowest BCUT2D eigenvalue weighted by Gasteiger charge is -2.13. The van der Waals surface area contributed by atoms with Gasteiger partial charge < -0.3 is 15.4 Å². The molecule has 0 aliphatic rings. The van der Waals surface area contributed by atoms with Gasteiger partial charge in [-0.15, -0.1) is 0 Å². The van der Waals surface area contributed by atoms with Gasteiger partial charge in [-0.2, -0.15) is 0 Å². The van der Waals surface area contributed by atoms with Gasteiger partial charge in [0.15, 0.2) is 0 Å². The number of benzene rings is 3. The molecule has 0 bridgehead atoms. The number of nitrogens with one attached hydrogen (secondary N) is 2. The molecule has 29 heavy (non-hydrogen) atoms. The Balaban J connectivity index is 1.86. The monoisotopic (exact) mass is 516 g/mol. The molecule has 3 rings (SSSR count). The minimum absolute atomic E-state index is 0.286. The molecule has 0 spiro atoms. The first kappa shape index (κ1) is 21.1. The van der Waals surface area contributed by atoms with E-state index in [0.717, 1.165) is 8.95 Å². The summed E-state index contributed by atoms with van der Waals surface area (Å²) in [4.78, 5) is 25.5. The van der Waals surface area contributed by atoms with Gasteiger partial charge in [0.05, 0.1) is 12.2 Å². The zero-order chi connectivity index (χ0) is 20.8. The molecule has 0 saturated heterocycles. The number of ether oxygens (including phenoxy) is 1. The van der Waals surface area contributed by atoms with Crippen LogP contribution in [0.5, 0.6) is 5.75 Å². The van der Waals surface area contributed by atoms with E-state index < -0.39 is 0 Å². The van der Waals surface area contributed by atoms with Gasteiger partial charge in [-0.1, -0.05) is 44.0 Å². The Hall–Kier alpha value is -2.64. The average molecular weight is 518 g/mol. The Kier molecular flexibility index (Phi) is 7.06. The van der Waals surface area contributed by atoms with Crippen molar-refractivity contribution in [3.8, 4) is 5.75 Å². The Morgan fingerprint density at radius 2 is 1.41 bits per heavy atom. The minimum atomic E-state index is -0.358. The van der Waals surface area contributed by atoms with Crippen LogP contribution in [0, 0.1) is 0 Å². The van der Waals surface area contributed by atoms with Crippen LogP contribution < -0.4 is 15.4 Å². The van der Waals surface area contributed by atoms with Crippen molar-refractivity contribution in [2.75, 3.05) is 17.2 Å². The van der Waals surface area contributed by atoms with E-state index in [1.807, 2.05) is 31.2 Å². The van der Waals surface area contributed by atoms with Gasteiger partial charge in [-0.3, -0.25) is 9.59 Å². The van der Waals surface area contributed by atoms with Crippen LogP contribution in [0.1, 0.15) is 27.6 Å². The van der Waals surface area contributed by atoms with Crippen LogP contribution in [0.3, 0.4) is 0 Å². The van der Waals surface area contributed by atoms with Crippen molar-refractivity contribution in [3.05, 3.63) is 86.8 Å². The molecule has 0 aliphatic carbocycles. The number of halogens is 2. The van der Waals surface area contributed by atoms with E-state index in [2.05, 4.69) is 42.5 Å². The standard InChI is InChI=1S/C22H18Br2N2O3/c1-2-29-20-10-9-14(21(27)25-17-7-3-5-15(23)12-17)11-19(20)22(28)26-18-8-4-6-16(24)13-18/h3-13H,2H2,1H3,(H,25,27)(H,26,28). The molecule has 5 nitrogen and oxygen atoms in total. The van der Waals surface area contributed by atoms with Crippen LogP contribution in [-0.2, 0) is 0 Å². The molecular weight excluding hydrogens is 500 g/mol. The zero-order valence-corrected chi connectivity index (χ0v) is 18.7. The van der Waals surface area contributed by atoms with Gasteiger partial charge >= 0.3 is 0 Å². The van der Waals surface area contributed by atoms with Crippen molar-refractivity contribution in [1.29, 1.82) is 0 Å². The third-order valence-electron chi connectivity index (χ3n) is 3.95. The number of carbonyl (C=O) groups is 2. The molecular formula is C22H18Br2N2O3. The summed E-state index contributed by atoms with van der Waals surface area (Å²) in [7, 11) is 0. The van der Waals surface area contributed by atoms with E-state index in [-0.39, 0.29) is 17.4 Å². The van der Waals surface area contributed by atoms with Gasteiger partial charge in [0.1, 0.15) is 5.75 Å². The third-order valence-corrected chi connectivity index (χ3v) is 4.94. The fourth-order valence-corrected chi connectivity index (χ4v) is 3.46. The topological polar surface area (TPSA) is 67.4 Å². The third kappa shape index (κ3) is 5.68. The SMILES string of the molecule is CCOc1ccc(C(=O)Nc2cccc(Br)c2)cc1C(=O)Nc1cccc(Br)c1. The number of hydrogen-bond donors (Lipinski definition) is 2. The van der Waals surface area contributed by atoms with E-state index in [1.54, 1.807) is 36.4 Å². The number of rotatable bonds is 6. The first-order valence-electron chi connectivity index (χ1n) is 8.87. The number of amides is 2. The van der Waals surface area contributed by atoms with Gasteiger partial charge in [0.2, 0.25) is 0 Å². The molecule has 0 aromatic heterocycles. The quantitative estimate of drug-likeness (QED) is 0.414. The molecule has 7 heteroatoms. The highest BCUT2D eigenvalue weighted by Crippen LogP contribution is 2.24. The van der Waals surface area contributed by atoms with Crippen molar-refractivity contribution in [1.82, 2.24) is 0 Å². The van der Waals surface area contributed by atoms with E-state index >= 15 is 0 Å². The predicted octanol–water partition coefficient (Wildman–Crippen LogP) is 6.11. The smallest absolute Gasteiger partial charge is 0.259 e. The van der Waals surface area contributed by atoms with Crippen LogP contribution in [0.25, 0.3) is 0 Å². The first-order valence-corrected chi connectivity index (χ1v) is 10.5. The highest BCUT2D eigenvalue weighted by atomic mass is 79.9. The summed E-state index contributed by atoms with van der Waals surface area (Å²) in [5, 5.41) is 5.66. The number of hydrogen-bond acceptors (Lipinski definition) is 3. The Labute approximate surface area is 185 Å². The molecule has 0 heterocycles. The van der Waals surface area contributed by atoms with Crippen molar-refractivity contribution in [2.45, 2.75) is 6.92 Å². The summed E-state index contributed by atoms with van der Waals surface area (Å²) >= 11 is 6.76. The minimum Gasteiger partial charge on any atom is -0.493 e. The molecule has 3 aromatic rings. The van der Waals surface area contributed by atoms with E-state index in [9.17, 15) is 9.59 Å². The van der Waals surface area contributed by atoms with Crippen LogP contribution >= 0.6 is 31.9 Å². The van der Waals surface area contributed by atoms with Crippen LogP contribution in [-0.4, -0.2) is 18.4 Å². The van der Waals surface area contributed by atoms with E-state index in [4.69, 9.17) is 4.74 Å². The first-order chi connectivity index (χ1) is 14.0. The molecule has 148 valence electrons. The molecule has 0 saturated carbocycles. The van der Waals surface area contributed by atoms with Gasteiger partial charge in [-0.25, -0.2) is 0 Å². The lowest BCUT2D eigenvalue weighted by atomic mass is 10.1. The molecule has 0 aliphatic heterocycles. The van der Waals surface area contributed by atoms with Crippen molar-refractivity contribution >= 4 is 55.0 Å². The maximum Gasteiger partial charge on any atom is 0.259 e. The van der Waals surface area contributed by atoms with Crippen LogP contribution in [0.4, 0.5) is 11.4 Å².